The zero-order valence-electron chi connectivity index (χ0n) is 12.3. The fourth-order valence-electron chi connectivity index (χ4n) is 1.85. The number of benzene rings is 1. The average molecular weight is 420 g/mol. The molecule has 24 heavy (non-hydrogen) atoms. The highest BCUT2D eigenvalue weighted by Gasteiger charge is 2.27. The standard InChI is InChI=1S/C13H14BrN3O6S/c14-9-2-1-3-10(6-9)24(21,22)16-7-12(19)23-8-11(18)17-5-4-15-13(17)20/h1-3,6,16H,4-5,7-8H2,(H,15,20). The Labute approximate surface area is 146 Å². The van der Waals surface area contributed by atoms with Crippen molar-refractivity contribution < 1.29 is 27.5 Å². The van der Waals surface area contributed by atoms with Crippen molar-refractivity contribution in [1.29, 1.82) is 0 Å². The van der Waals surface area contributed by atoms with Gasteiger partial charge >= 0.3 is 12.0 Å². The van der Waals surface area contributed by atoms with Crippen molar-refractivity contribution in [2.45, 2.75) is 4.90 Å². The maximum Gasteiger partial charge on any atom is 0.324 e. The van der Waals surface area contributed by atoms with Crippen molar-refractivity contribution in [3.63, 3.8) is 0 Å². The zero-order valence-corrected chi connectivity index (χ0v) is 14.7. The van der Waals surface area contributed by atoms with Gasteiger partial charge in [0.05, 0.1) is 4.90 Å². The molecule has 1 aromatic rings. The topological polar surface area (TPSA) is 122 Å². The molecule has 0 bridgehead atoms. The van der Waals surface area contributed by atoms with E-state index in [2.05, 4.69) is 30.7 Å². The van der Waals surface area contributed by atoms with Gasteiger partial charge in [-0.05, 0) is 18.2 Å². The lowest BCUT2D eigenvalue weighted by Crippen LogP contribution is -2.38. The Morgan fingerprint density at radius 1 is 1.38 bits per heavy atom. The number of ether oxygens (including phenoxy) is 1. The Balaban J connectivity index is 1.82. The molecule has 11 heteroatoms. The Bertz CT molecular complexity index is 767. The number of sulfonamides is 1. The van der Waals surface area contributed by atoms with E-state index >= 15 is 0 Å². The lowest BCUT2D eigenvalue weighted by molar-refractivity contribution is -0.149. The number of carbonyl (C=O) groups excluding carboxylic acids is 3. The van der Waals surface area contributed by atoms with Gasteiger partial charge in [-0.15, -0.1) is 0 Å². The van der Waals surface area contributed by atoms with Gasteiger partial charge in [-0.25, -0.2) is 13.2 Å². The van der Waals surface area contributed by atoms with Crippen molar-refractivity contribution in [2.75, 3.05) is 26.2 Å². The Hall–Kier alpha value is -1.98. The molecule has 130 valence electrons. The number of imide groups is 1. The minimum atomic E-state index is -3.88. The molecule has 0 atom stereocenters. The summed E-state index contributed by atoms with van der Waals surface area (Å²) in [5, 5.41) is 2.44. The van der Waals surface area contributed by atoms with Gasteiger partial charge < -0.3 is 10.1 Å². The van der Waals surface area contributed by atoms with Gasteiger partial charge in [0.2, 0.25) is 10.0 Å². The molecule has 0 aliphatic carbocycles. The van der Waals surface area contributed by atoms with Crippen LogP contribution in [0.3, 0.4) is 0 Å². The van der Waals surface area contributed by atoms with Gasteiger partial charge in [-0.2, -0.15) is 4.72 Å². The Kier molecular flexibility index (Phi) is 5.91. The minimum absolute atomic E-state index is 0.0190. The van der Waals surface area contributed by atoms with Gasteiger partial charge in [0.25, 0.3) is 5.91 Å². The first-order valence-electron chi connectivity index (χ1n) is 6.78. The molecule has 1 saturated heterocycles. The Morgan fingerprint density at radius 2 is 2.12 bits per heavy atom. The molecule has 1 heterocycles. The van der Waals surface area contributed by atoms with Crippen LogP contribution in [-0.2, 0) is 24.3 Å². The van der Waals surface area contributed by atoms with Gasteiger partial charge in [0.15, 0.2) is 6.61 Å². The number of carbonyl (C=O) groups is 3. The average Bonchev–Trinajstić information content (AvgIpc) is 2.97. The van der Waals surface area contributed by atoms with E-state index in [0.717, 1.165) is 4.90 Å². The summed E-state index contributed by atoms with van der Waals surface area (Å²) < 4.78 is 31.3. The SMILES string of the molecule is O=C(CNS(=O)(=O)c1cccc(Br)c1)OCC(=O)N1CCNC1=O. The predicted molar refractivity (Wildman–Crippen MR) is 85.4 cm³/mol. The fourth-order valence-corrected chi connectivity index (χ4v) is 3.42. The van der Waals surface area contributed by atoms with Gasteiger partial charge in [-0.3, -0.25) is 14.5 Å². The maximum absolute atomic E-state index is 12.0. The van der Waals surface area contributed by atoms with Crippen LogP contribution in [0.25, 0.3) is 0 Å². The van der Waals surface area contributed by atoms with E-state index in [4.69, 9.17) is 0 Å². The highest BCUT2D eigenvalue weighted by Crippen LogP contribution is 2.15. The van der Waals surface area contributed by atoms with E-state index in [1.807, 2.05) is 0 Å². The third kappa shape index (κ3) is 4.76. The van der Waals surface area contributed by atoms with Crippen LogP contribution < -0.4 is 10.0 Å². The summed E-state index contributed by atoms with van der Waals surface area (Å²) in [5.74, 6) is -1.60. The van der Waals surface area contributed by atoms with Crippen LogP contribution in [0.2, 0.25) is 0 Å². The summed E-state index contributed by atoms with van der Waals surface area (Å²) in [6.45, 7) is -0.727. The maximum atomic E-state index is 12.0. The summed E-state index contributed by atoms with van der Waals surface area (Å²) in [5.41, 5.74) is 0. The second-order valence-electron chi connectivity index (χ2n) is 4.72. The van der Waals surface area contributed by atoms with Gasteiger partial charge in [-0.1, -0.05) is 22.0 Å². The van der Waals surface area contributed by atoms with Crippen LogP contribution in [0.1, 0.15) is 0 Å². The molecule has 3 amide bonds. The predicted octanol–water partition coefficient (Wildman–Crippen LogP) is -0.178. The first kappa shape index (κ1) is 18.4. The van der Waals surface area contributed by atoms with Gasteiger partial charge in [0, 0.05) is 17.6 Å². The molecule has 2 N–H and O–H groups in total. The normalized spacial score (nSPS) is 14.4. The van der Waals surface area contributed by atoms with E-state index in [-0.39, 0.29) is 11.4 Å². The van der Waals surface area contributed by atoms with E-state index < -0.39 is 41.1 Å². The minimum Gasteiger partial charge on any atom is -0.455 e. The third-order valence-corrected chi connectivity index (χ3v) is 4.92. The molecule has 1 aliphatic heterocycles. The van der Waals surface area contributed by atoms with Crippen molar-refractivity contribution in [3.8, 4) is 0 Å². The van der Waals surface area contributed by atoms with Crippen molar-refractivity contribution in [3.05, 3.63) is 28.7 Å². The number of rotatable bonds is 6. The van der Waals surface area contributed by atoms with Crippen LogP contribution in [-0.4, -0.2) is 57.5 Å². The number of amides is 3. The van der Waals surface area contributed by atoms with E-state index in [1.54, 1.807) is 6.07 Å². The second-order valence-corrected chi connectivity index (χ2v) is 7.40. The molecule has 1 fully saturated rings. The molecular weight excluding hydrogens is 406 g/mol. The van der Waals surface area contributed by atoms with Crippen LogP contribution in [0.15, 0.2) is 33.6 Å². The number of nitrogens with zero attached hydrogens (tertiary/aromatic N) is 1. The molecule has 2 rings (SSSR count). The lowest BCUT2D eigenvalue weighted by Gasteiger charge is -2.12. The molecule has 9 nitrogen and oxygen atoms in total. The number of hydrogen-bond donors (Lipinski definition) is 2. The third-order valence-electron chi connectivity index (χ3n) is 3.03. The smallest absolute Gasteiger partial charge is 0.324 e. The molecule has 1 aliphatic rings. The van der Waals surface area contributed by atoms with E-state index in [9.17, 15) is 22.8 Å². The van der Waals surface area contributed by atoms with E-state index in [1.165, 1.54) is 18.2 Å². The van der Waals surface area contributed by atoms with Crippen molar-refractivity contribution >= 4 is 43.9 Å². The van der Waals surface area contributed by atoms with Gasteiger partial charge in [0.1, 0.15) is 6.54 Å². The molecule has 0 aromatic heterocycles. The monoisotopic (exact) mass is 419 g/mol. The first-order valence-corrected chi connectivity index (χ1v) is 9.06. The summed E-state index contributed by atoms with van der Waals surface area (Å²) >= 11 is 3.15. The molecule has 0 saturated carbocycles. The largest absolute Gasteiger partial charge is 0.455 e. The van der Waals surface area contributed by atoms with E-state index in [0.29, 0.717) is 11.0 Å². The second kappa shape index (κ2) is 7.73. The number of halogens is 1. The zero-order chi connectivity index (χ0) is 17.7. The van der Waals surface area contributed by atoms with Crippen LogP contribution in [0.4, 0.5) is 4.79 Å². The van der Waals surface area contributed by atoms with Crippen LogP contribution >= 0.6 is 15.9 Å². The number of nitrogens with one attached hydrogen (secondary N) is 2. The lowest BCUT2D eigenvalue weighted by atomic mass is 10.4. The number of urea groups is 1. The first-order chi connectivity index (χ1) is 11.3. The molecule has 1 aromatic carbocycles. The van der Waals surface area contributed by atoms with Crippen LogP contribution in [0, 0.1) is 0 Å². The highest BCUT2D eigenvalue weighted by atomic mass is 79.9. The molecule has 0 radical (unpaired) electrons. The molecule has 0 unspecified atom stereocenters. The Morgan fingerprint density at radius 3 is 2.75 bits per heavy atom. The fraction of sp³-hybridized carbons (Fsp3) is 0.308. The summed E-state index contributed by atoms with van der Waals surface area (Å²) in [6.07, 6.45) is 0. The summed E-state index contributed by atoms with van der Waals surface area (Å²) in [7, 11) is -3.88. The highest BCUT2D eigenvalue weighted by molar-refractivity contribution is 9.10. The summed E-state index contributed by atoms with van der Waals surface area (Å²) in [4.78, 5) is 35.4. The van der Waals surface area contributed by atoms with Crippen molar-refractivity contribution in [1.82, 2.24) is 14.9 Å². The molecule has 0 spiro atoms. The quantitative estimate of drug-likeness (QED) is 0.616. The number of hydrogen-bond acceptors (Lipinski definition) is 6. The molecular formula is C13H14BrN3O6S. The van der Waals surface area contributed by atoms with Crippen LogP contribution in [0.5, 0.6) is 0 Å². The summed E-state index contributed by atoms with van der Waals surface area (Å²) in [6, 6.07) is 5.40. The number of esters is 1. The van der Waals surface area contributed by atoms with Crippen molar-refractivity contribution in [2.24, 2.45) is 0 Å².